The molecule has 0 amide bonds. The van der Waals surface area contributed by atoms with Gasteiger partial charge in [0.15, 0.2) is 5.84 Å². The summed E-state index contributed by atoms with van der Waals surface area (Å²) in [5.74, 6) is -0.0538. The van der Waals surface area contributed by atoms with Gasteiger partial charge in [-0.05, 0) is 19.4 Å². The second-order valence-corrected chi connectivity index (χ2v) is 3.01. The Kier molecular flexibility index (Phi) is 3.84. The summed E-state index contributed by atoms with van der Waals surface area (Å²) in [6.45, 7) is 4.31. The number of amidine groups is 1. The average molecular weight is 210 g/mol. The van der Waals surface area contributed by atoms with Gasteiger partial charge in [0.05, 0.1) is 6.61 Å². The first-order valence-electron chi connectivity index (χ1n) is 4.63. The van der Waals surface area contributed by atoms with Gasteiger partial charge in [-0.15, -0.1) is 0 Å². The zero-order chi connectivity index (χ0) is 11.3. The first kappa shape index (κ1) is 11.2. The molecular formula is C9H14N4O2. The number of ether oxygens (including phenoxy) is 1. The molecule has 15 heavy (non-hydrogen) atoms. The monoisotopic (exact) mass is 210 g/mol. The Morgan fingerprint density at radius 3 is 2.93 bits per heavy atom. The van der Waals surface area contributed by atoms with Crippen LogP contribution in [0.3, 0.4) is 0 Å². The van der Waals surface area contributed by atoms with E-state index in [9.17, 15) is 0 Å². The third-order valence-electron chi connectivity index (χ3n) is 1.64. The molecule has 1 heterocycles. The number of nitrogens with zero attached hydrogens (tertiary/aromatic N) is 3. The molecule has 0 bridgehead atoms. The third kappa shape index (κ3) is 3.08. The van der Waals surface area contributed by atoms with E-state index < -0.39 is 0 Å². The summed E-state index contributed by atoms with van der Waals surface area (Å²) < 4.78 is 5.26. The third-order valence-corrected chi connectivity index (χ3v) is 1.64. The van der Waals surface area contributed by atoms with Crippen LogP contribution < -0.4 is 10.5 Å². The highest BCUT2D eigenvalue weighted by atomic mass is 16.5. The van der Waals surface area contributed by atoms with Gasteiger partial charge in [-0.2, -0.15) is 4.98 Å². The van der Waals surface area contributed by atoms with Crippen molar-refractivity contribution < 1.29 is 9.94 Å². The molecule has 0 saturated carbocycles. The fourth-order valence-corrected chi connectivity index (χ4v) is 0.982. The first-order valence-corrected chi connectivity index (χ1v) is 4.63. The van der Waals surface area contributed by atoms with Crippen molar-refractivity contribution in [3.05, 3.63) is 17.5 Å². The first-order chi connectivity index (χ1) is 7.17. The summed E-state index contributed by atoms with van der Waals surface area (Å²) in [7, 11) is 0. The molecule has 0 radical (unpaired) electrons. The van der Waals surface area contributed by atoms with Gasteiger partial charge in [-0.3, -0.25) is 0 Å². The molecule has 0 saturated heterocycles. The Bertz CT molecular complexity index is 365. The number of hydrogen-bond acceptors (Lipinski definition) is 5. The summed E-state index contributed by atoms with van der Waals surface area (Å²) in [5, 5.41) is 11.4. The zero-order valence-corrected chi connectivity index (χ0v) is 8.77. The highest BCUT2D eigenvalue weighted by molar-refractivity contribution is 5.95. The van der Waals surface area contributed by atoms with E-state index in [1.807, 2.05) is 6.92 Å². The van der Waals surface area contributed by atoms with Crippen molar-refractivity contribution >= 4 is 5.84 Å². The fraction of sp³-hybridized carbons (Fsp3) is 0.444. The lowest BCUT2D eigenvalue weighted by Gasteiger charge is -2.05. The van der Waals surface area contributed by atoms with Crippen LogP contribution in [-0.2, 0) is 0 Å². The van der Waals surface area contributed by atoms with E-state index >= 15 is 0 Å². The quantitative estimate of drug-likeness (QED) is 0.329. The van der Waals surface area contributed by atoms with Crippen molar-refractivity contribution in [2.75, 3.05) is 6.61 Å². The van der Waals surface area contributed by atoms with Gasteiger partial charge in [0.1, 0.15) is 5.69 Å². The van der Waals surface area contributed by atoms with E-state index in [2.05, 4.69) is 15.1 Å². The van der Waals surface area contributed by atoms with Gasteiger partial charge in [0.25, 0.3) is 0 Å². The number of aryl methyl sites for hydroxylation is 1. The molecule has 0 aliphatic carbocycles. The summed E-state index contributed by atoms with van der Waals surface area (Å²) in [5.41, 5.74) is 6.48. The molecule has 6 heteroatoms. The lowest BCUT2D eigenvalue weighted by molar-refractivity contribution is 0.291. The minimum absolute atomic E-state index is 0.0538. The molecule has 1 aromatic rings. The second-order valence-electron chi connectivity index (χ2n) is 3.01. The number of aromatic nitrogens is 2. The van der Waals surface area contributed by atoms with Gasteiger partial charge in [0, 0.05) is 5.69 Å². The molecule has 1 aromatic heterocycles. The van der Waals surface area contributed by atoms with Gasteiger partial charge in [-0.25, -0.2) is 4.98 Å². The van der Waals surface area contributed by atoms with Crippen molar-refractivity contribution in [3.63, 3.8) is 0 Å². The van der Waals surface area contributed by atoms with Crippen LogP contribution in [0.15, 0.2) is 11.2 Å². The van der Waals surface area contributed by atoms with Crippen LogP contribution in [0, 0.1) is 6.92 Å². The molecule has 0 spiro atoms. The van der Waals surface area contributed by atoms with E-state index in [1.54, 1.807) is 13.0 Å². The Labute approximate surface area is 87.8 Å². The number of rotatable bonds is 4. The Morgan fingerprint density at radius 2 is 2.33 bits per heavy atom. The summed E-state index contributed by atoms with van der Waals surface area (Å²) >= 11 is 0. The summed E-state index contributed by atoms with van der Waals surface area (Å²) in [6, 6.07) is 1.87. The van der Waals surface area contributed by atoms with Crippen molar-refractivity contribution in [2.45, 2.75) is 20.3 Å². The number of oxime groups is 1. The van der Waals surface area contributed by atoms with Crippen molar-refractivity contribution in [2.24, 2.45) is 10.9 Å². The van der Waals surface area contributed by atoms with Crippen molar-refractivity contribution in [1.82, 2.24) is 9.97 Å². The summed E-state index contributed by atoms with van der Waals surface area (Å²) in [6.07, 6.45) is 0.871. The van der Waals surface area contributed by atoms with Crippen LogP contribution in [0.2, 0.25) is 0 Å². The molecule has 6 nitrogen and oxygen atoms in total. The molecule has 0 atom stereocenters. The topological polar surface area (TPSA) is 93.6 Å². The van der Waals surface area contributed by atoms with Gasteiger partial charge in [-0.1, -0.05) is 12.1 Å². The van der Waals surface area contributed by atoms with Crippen molar-refractivity contribution in [1.29, 1.82) is 0 Å². The molecular weight excluding hydrogens is 196 g/mol. The zero-order valence-electron chi connectivity index (χ0n) is 8.77. The maximum atomic E-state index is 8.51. The minimum Gasteiger partial charge on any atom is -0.463 e. The predicted octanol–water partition coefficient (Wildman–Crippen LogP) is 0.668. The Hall–Kier alpha value is -1.85. The van der Waals surface area contributed by atoms with Crippen LogP contribution in [0.4, 0.5) is 0 Å². The standard InChI is InChI=1S/C9H14N4O2/c1-3-4-15-9-11-6(2)5-7(12-9)8(10)13-14/h5,14H,3-4H2,1-2H3,(H2,10,13). The van der Waals surface area contributed by atoms with E-state index in [4.69, 9.17) is 15.7 Å². The van der Waals surface area contributed by atoms with E-state index in [-0.39, 0.29) is 11.8 Å². The fourth-order valence-electron chi connectivity index (χ4n) is 0.982. The molecule has 0 fully saturated rings. The van der Waals surface area contributed by atoms with Gasteiger partial charge >= 0.3 is 6.01 Å². The van der Waals surface area contributed by atoms with Gasteiger partial charge in [0.2, 0.25) is 0 Å². The molecule has 0 aliphatic heterocycles. The lowest BCUT2D eigenvalue weighted by Crippen LogP contribution is -2.16. The van der Waals surface area contributed by atoms with Crippen molar-refractivity contribution in [3.8, 4) is 6.01 Å². The molecule has 3 N–H and O–H groups in total. The van der Waals surface area contributed by atoms with E-state index in [1.165, 1.54) is 0 Å². The highest BCUT2D eigenvalue weighted by Gasteiger charge is 2.06. The second kappa shape index (κ2) is 5.14. The lowest BCUT2D eigenvalue weighted by atomic mass is 10.3. The maximum Gasteiger partial charge on any atom is 0.317 e. The highest BCUT2D eigenvalue weighted by Crippen LogP contribution is 2.07. The van der Waals surface area contributed by atoms with Crippen LogP contribution in [0.25, 0.3) is 0 Å². The molecule has 82 valence electrons. The molecule has 0 unspecified atom stereocenters. The maximum absolute atomic E-state index is 8.51. The largest absolute Gasteiger partial charge is 0.463 e. The minimum atomic E-state index is -0.0538. The van der Waals surface area contributed by atoms with E-state index in [0.29, 0.717) is 18.0 Å². The predicted molar refractivity (Wildman–Crippen MR) is 55.1 cm³/mol. The SMILES string of the molecule is CCCOc1nc(C)cc(/C(N)=N/O)n1. The Morgan fingerprint density at radius 1 is 1.60 bits per heavy atom. The van der Waals surface area contributed by atoms with Gasteiger partial charge < -0.3 is 15.7 Å². The Balaban J connectivity index is 2.94. The smallest absolute Gasteiger partial charge is 0.317 e. The van der Waals surface area contributed by atoms with E-state index in [0.717, 1.165) is 6.42 Å². The number of hydrogen-bond donors (Lipinski definition) is 2. The molecule has 1 rings (SSSR count). The average Bonchev–Trinajstić information content (AvgIpc) is 2.24. The van der Waals surface area contributed by atoms with Crippen LogP contribution in [0.5, 0.6) is 6.01 Å². The summed E-state index contributed by atoms with van der Waals surface area (Å²) in [4.78, 5) is 8.06. The van der Waals surface area contributed by atoms with Crippen LogP contribution >= 0.6 is 0 Å². The van der Waals surface area contributed by atoms with Crippen LogP contribution in [-0.4, -0.2) is 27.6 Å². The normalized spacial score (nSPS) is 11.5. The molecule has 0 aliphatic rings. The molecule has 0 aromatic carbocycles. The number of nitrogens with two attached hydrogens (primary N) is 1. The van der Waals surface area contributed by atoms with Crippen LogP contribution in [0.1, 0.15) is 24.7 Å².